The number of ether oxygens (including phenoxy) is 1. The third-order valence-corrected chi connectivity index (χ3v) is 4.43. The summed E-state index contributed by atoms with van der Waals surface area (Å²) in [6, 6.07) is 16.7. The minimum absolute atomic E-state index is 0.802. The fraction of sp³-hybridized carbons (Fsp3) is 0.250. The second kappa shape index (κ2) is 6.49. The van der Waals surface area contributed by atoms with Gasteiger partial charge in [0.1, 0.15) is 5.75 Å². The van der Waals surface area contributed by atoms with E-state index in [4.69, 9.17) is 4.74 Å². The highest BCUT2D eigenvalue weighted by molar-refractivity contribution is 5.40. The van der Waals surface area contributed by atoms with Crippen LogP contribution in [0.3, 0.4) is 0 Å². The van der Waals surface area contributed by atoms with E-state index in [2.05, 4.69) is 53.9 Å². The zero-order valence-corrected chi connectivity index (χ0v) is 13.8. The van der Waals surface area contributed by atoms with Gasteiger partial charge < -0.3 is 10.1 Å². The van der Waals surface area contributed by atoms with Crippen molar-refractivity contribution in [1.29, 1.82) is 0 Å². The monoisotopic (exact) mass is 319 g/mol. The Bertz CT molecular complexity index is 839. The number of benzene rings is 2. The lowest BCUT2D eigenvalue weighted by atomic mass is 10.1. The fourth-order valence-corrected chi connectivity index (χ4v) is 3.04. The summed E-state index contributed by atoms with van der Waals surface area (Å²) >= 11 is 0. The van der Waals surface area contributed by atoms with E-state index in [9.17, 15) is 0 Å². The normalized spacial score (nSPS) is 12.9. The van der Waals surface area contributed by atoms with Crippen LogP contribution in [-0.4, -0.2) is 16.4 Å². The number of nitrogens with zero attached hydrogens (tertiary/aromatic N) is 2. The molecule has 0 radical (unpaired) electrons. The minimum Gasteiger partial charge on any atom is -0.493 e. The van der Waals surface area contributed by atoms with Crippen molar-refractivity contribution in [3.63, 3.8) is 0 Å². The van der Waals surface area contributed by atoms with Crippen molar-refractivity contribution in [2.24, 2.45) is 0 Å². The summed E-state index contributed by atoms with van der Waals surface area (Å²) in [4.78, 5) is 0. The lowest BCUT2D eigenvalue weighted by Crippen LogP contribution is -2.13. The Morgan fingerprint density at radius 1 is 1.12 bits per heavy atom. The Balaban J connectivity index is 1.40. The van der Waals surface area contributed by atoms with E-state index in [0.717, 1.165) is 43.2 Å². The van der Waals surface area contributed by atoms with E-state index in [1.807, 2.05) is 22.9 Å². The number of fused-ring (bicyclic) bond motifs is 1. The molecule has 0 aliphatic carbocycles. The summed E-state index contributed by atoms with van der Waals surface area (Å²) in [7, 11) is 0. The minimum atomic E-state index is 0.802. The van der Waals surface area contributed by atoms with Gasteiger partial charge >= 0.3 is 0 Å². The van der Waals surface area contributed by atoms with Crippen molar-refractivity contribution in [3.8, 4) is 11.4 Å². The summed E-state index contributed by atoms with van der Waals surface area (Å²) in [6.45, 7) is 4.49. The molecular formula is C20H21N3O. The summed E-state index contributed by atoms with van der Waals surface area (Å²) < 4.78 is 7.57. The molecule has 1 N–H and O–H groups in total. The molecule has 0 amide bonds. The molecule has 0 fully saturated rings. The molecule has 0 saturated heterocycles. The maximum Gasteiger partial charge on any atom is 0.122 e. The summed E-state index contributed by atoms with van der Waals surface area (Å²) in [5.41, 5.74) is 5.94. The number of nitrogens with one attached hydrogen (secondary N) is 1. The number of hydrogen-bond acceptors (Lipinski definition) is 3. The zero-order valence-electron chi connectivity index (χ0n) is 13.8. The van der Waals surface area contributed by atoms with Gasteiger partial charge in [-0.1, -0.05) is 30.3 Å². The maximum atomic E-state index is 5.63. The Hall–Kier alpha value is -2.59. The SMILES string of the molecule is Cc1nn(-c2ccccc2)cc1CNCc1ccc2c(c1)OCC2. The molecule has 0 saturated carbocycles. The van der Waals surface area contributed by atoms with Crippen LogP contribution in [0.4, 0.5) is 0 Å². The fourth-order valence-electron chi connectivity index (χ4n) is 3.04. The van der Waals surface area contributed by atoms with E-state index < -0.39 is 0 Å². The largest absolute Gasteiger partial charge is 0.493 e. The third kappa shape index (κ3) is 3.05. The van der Waals surface area contributed by atoms with Crippen LogP contribution < -0.4 is 10.1 Å². The van der Waals surface area contributed by atoms with Crippen LogP contribution in [-0.2, 0) is 19.5 Å². The number of rotatable bonds is 5. The van der Waals surface area contributed by atoms with Gasteiger partial charge in [-0.3, -0.25) is 0 Å². The molecule has 3 aromatic rings. The quantitative estimate of drug-likeness (QED) is 0.783. The molecule has 4 nitrogen and oxygen atoms in total. The van der Waals surface area contributed by atoms with Gasteiger partial charge in [0.05, 0.1) is 18.0 Å². The number of para-hydroxylation sites is 1. The predicted molar refractivity (Wildman–Crippen MR) is 94.5 cm³/mol. The number of aromatic nitrogens is 2. The van der Waals surface area contributed by atoms with Gasteiger partial charge in [0.25, 0.3) is 0 Å². The van der Waals surface area contributed by atoms with Crippen LogP contribution in [0.2, 0.25) is 0 Å². The standard InChI is InChI=1S/C20H21N3O/c1-15-18(14-23(22-15)19-5-3-2-4-6-19)13-21-12-16-7-8-17-9-10-24-20(17)11-16/h2-8,11,14,21H,9-10,12-13H2,1H3. The van der Waals surface area contributed by atoms with Crippen molar-refractivity contribution in [3.05, 3.63) is 77.1 Å². The van der Waals surface area contributed by atoms with Crippen LogP contribution in [0.1, 0.15) is 22.4 Å². The first-order chi connectivity index (χ1) is 11.8. The van der Waals surface area contributed by atoms with Crippen molar-refractivity contribution < 1.29 is 4.74 Å². The molecule has 122 valence electrons. The summed E-state index contributed by atoms with van der Waals surface area (Å²) in [6.07, 6.45) is 3.13. The van der Waals surface area contributed by atoms with Crippen LogP contribution in [0, 0.1) is 6.92 Å². The first-order valence-electron chi connectivity index (χ1n) is 8.35. The average molecular weight is 319 g/mol. The van der Waals surface area contributed by atoms with Crippen molar-refractivity contribution in [2.45, 2.75) is 26.4 Å². The van der Waals surface area contributed by atoms with Gasteiger partial charge in [0, 0.05) is 31.3 Å². The van der Waals surface area contributed by atoms with Gasteiger partial charge in [-0.15, -0.1) is 0 Å². The Labute approximate surface area is 142 Å². The molecule has 0 bridgehead atoms. The van der Waals surface area contributed by atoms with Gasteiger partial charge in [-0.2, -0.15) is 5.10 Å². The van der Waals surface area contributed by atoms with Crippen molar-refractivity contribution in [2.75, 3.05) is 6.61 Å². The summed E-state index contributed by atoms with van der Waals surface area (Å²) in [5.74, 6) is 1.04. The maximum absolute atomic E-state index is 5.63. The Morgan fingerprint density at radius 2 is 2.00 bits per heavy atom. The second-order valence-electron chi connectivity index (χ2n) is 6.16. The number of aryl methyl sites for hydroxylation is 1. The Morgan fingerprint density at radius 3 is 2.88 bits per heavy atom. The lowest BCUT2D eigenvalue weighted by molar-refractivity contribution is 0.356. The molecular weight excluding hydrogens is 298 g/mol. The molecule has 24 heavy (non-hydrogen) atoms. The predicted octanol–water partition coefficient (Wildman–Crippen LogP) is 3.41. The molecule has 0 atom stereocenters. The Kier molecular flexibility index (Phi) is 4.05. The van der Waals surface area contributed by atoms with Crippen LogP contribution in [0.25, 0.3) is 5.69 Å². The average Bonchev–Trinajstić information content (AvgIpc) is 3.22. The molecule has 0 unspecified atom stereocenters. The van der Waals surface area contributed by atoms with Crippen LogP contribution in [0.5, 0.6) is 5.75 Å². The van der Waals surface area contributed by atoms with E-state index in [0.29, 0.717) is 0 Å². The van der Waals surface area contributed by atoms with E-state index >= 15 is 0 Å². The van der Waals surface area contributed by atoms with E-state index in [-0.39, 0.29) is 0 Å². The topological polar surface area (TPSA) is 39.1 Å². The van der Waals surface area contributed by atoms with E-state index in [1.54, 1.807) is 0 Å². The van der Waals surface area contributed by atoms with Crippen LogP contribution in [0.15, 0.2) is 54.7 Å². The zero-order chi connectivity index (χ0) is 16.4. The molecule has 1 aliphatic heterocycles. The molecule has 2 aromatic carbocycles. The van der Waals surface area contributed by atoms with Crippen molar-refractivity contribution in [1.82, 2.24) is 15.1 Å². The molecule has 4 rings (SSSR count). The molecule has 1 aromatic heterocycles. The van der Waals surface area contributed by atoms with Gasteiger partial charge in [0.15, 0.2) is 0 Å². The highest BCUT2D eigenvalue weighted by atomic mass is 16.5. The number of hydrogen-bond donors (Lipinski definition) is 1. The van der Waals surface area contributed by atoms with E-state index in [1.165, 1.54) is 16.7 Å². The van der Waals surface area contributed by atoms with Crippen molar-refractivity contribution >= 4 is 0 Å². The third-order valence-electron chi connectivity index (χ3n) is 4.43. The first-order valence-corrected chi connectivity index (χ1v) is 8.35. The van der Waals surface area contributed by atoms with Gasteiger partial charge in [-0.25, -0.2) is 4.68 Å². The van der Waals surface area contributed by atoms with Crippen LogP contribution >= 0.6 is 0 Å². The molecule has 4 heteroatoms. The second-order valence-corrected chi connectivity index (χ2v) is 6.16. The highest BCUT2D eigenvalue weighted by Crippen LogP contribution is 2.26. The smallest absolute Gasteiger partial charge is 0.122 e. The highest BCUT2D eigenvalue weighted by Gasteiger charge is 2.12. The van der Waals surface area contributed by atoms with Gasteiger partial charge in [-0.05, 0) is 36.2 Å². The van der Waals surface area contributed by atoms with Gasteiger partial charge in [0.2, 0.25) is 0 Å². The first kappa shape index (κ1) is 15.0. The lowest BCUT2D eigenvalue weighted by Gasteiger charge is -2.06. The molecule has 1 aliphatic rings. The molecule has 2 heterocycles. The molecule has 0 spiro atoms. The summed E-state index contributed by atoms with van der Waals surface area (Å²) in [5, 5.41) is 8.12.